The SMILES string of the molecule is CN(Cc1cn[nH]c1)C(=O)C1CCCN(C(N)=O)C1. The van der Waals surface area contributed by atoms with Crippen molar-refractivity contribution in [3.8, 4) is 0 Å². The van der Waals surface area contributed by atoms with E-state index in [4.69, 9.17) is 5.73 Å². The van der Waals surface area contributed by atoms with Crippen LogP contribution in [-0.4, -0.2) is 52.1 Å². The number of H-pyrrole nitrogens is 1. The summed E-state index contributed by atoms with van der Waals surface area (Å²) in [5, 5.41) is 6.57. The summed E-state index contributed by atoms with van der Waals surface area (Å²) in [5.74, 6) is -0.106. The first-order chi connectivity index (χ1) is 9.08. The Morgan fingerprint density at radius 3 is 3.05 bits per heavy atom. The van der Waals surface area contributed by atoms with Crippen LogP contribution in [0, 0.1) is 5.92 Å². The first-order valence-corrected chi connectivity index (χ1v) is 6.35. The van der Waals surface area contributed by atoms with Gasteiger partial charge in [0.1, 0.15) is 0 Å². The van der Waals surface area contributed by atoms with Gasteiger partial charge in [0.05, 0.1) is 12.1 Å². The van der Waals surface area contributed by atoms with E-state index < -0.39 is 6.03 Å². The lowest BCUT2D eigenvalue weighted by molar-refractivity contribution is -0.136. The Labute approximate surface area is 111 Å². The minimum Gasteiger partial charge on any atom is -0.351 e. The standard InChI is InChI=1S/C12H19N5O2/c1-16(7-9-5-14-15-6-9)11(18)10-3-2-4-17(8-10)12(13)19/h5-6,10H,2-4,7-8H2,1H3,(H2,13,19)(H,14,15). The van der Waals surface area contributed by atoms with E-state index >= 15 is 0 Å². The molecular weight excluding hydrogens is 246 g/mol. The molecule has 0 spiro atoms. The summed E-state index contributed by atoms with van der Waals surface area (Å²) in [4.78, 5) is 26.7. The van der Waals surface area contributed by atoms with Crippen molar-refractivity contribution in [1.82, 2.24) is 20.0 Å². The minimum absolute atomic E-state index is 0.0483. The predicted octanol–water partition coefficient (Wildman–Crippen LogP) is 0.159. The number of hydrogen-bond donors (Lipinski definition) is 2. The van der Waals surface area contributed by atoms with Crippen LogP contribution >= 0.6 is 0 Å². The first-order valence-electron chi connectivity index (χ1n) is 6.35. The van der Waals surface area contributed by atoms with Crippen LogP contribution < -0.4 is 5.73 Å². The van der Waals surface area contributed by atoms with Crippen molar-refractivity contribution in [3.63, 3.8) is 0 Å². The molecule has 19 heavy (non-hydrogen) atoms. The Kier molecular flexibility index (Phi) is 4.03. The smallest absolute Gasteiger partial charge is 0.314 e. The van der Waals surface area contributed by atoms with Gasteiger partial charge < -0.3 is 15.5 Å². The number of likely N-dealkylation sites (tertiary alicyclic amines) is 1. The van der Waals surface area contributed by atoms with Crippen molar-refractivity contribution < 1.29 is 9.59 Å². The second-order valence-corrected chi connectivity index (χ2v) is 4.92. The van der Waals surface area contributed by atoms with E-state index in [-0.39, 0.29) is 11.8 Å². The maximum absolute atomic E-state index is 12.3. The monoisotopic (exact) mass is 265 g/mol. The molecule has 3 N–H and O–H groups in total. The van der Waals surface area contributed by atoms with E-state index in [1.54, 1.807) is 24.3 Å². The Bertz CT molecular complexity index is 445. The molecule has 0 aliphatic carbocycles. The fourth-order valence-electron chi connectivity index (χ4n) is 2.41. The lowest BCUT2D eigenvalue weighted by Gasteiger charge is -2.32. The topological polar surface area (TPSA) is 95.3 Å². The van der Waals surface area contributed by atoms with Gasteiger partial charge in [0.2, 0.25) is 5.91 Å². The molecule has 104 valence electrons. The molecule has 1 atom stereocenters. The van der Waals surface area contributed by atoms with Gasteiger partial charge in [0, 0.05) is 38.4 Å². The van der Waals surface area contributed by atoms with Crippen molar-refractivity contribution in [2.24, 2.45) is 11.7 Å². The molecule has 0 saturated carbocycles. The maximum atomic E-state index is 12.3. The van der Waals surface area contributed by atoms with E-state index in [1.165, 1.54) is 4.90 Å². The highest BCUT2D eigenvalue weighted by molar-refractivity contribution is 5.80. The second-order valence-electron chi connectivity index (χ2n) is 4.92. The van der Waals surface area contributed by atoms with Gasteiger partial charge in [-0.25, -0.2) is 4.79 Å². The zero-order chi connectivity index (χ0) is 13.8. The Morgan fingerprint density at radius 1 is 1.63 bits per heavy atom. The zero-order valence-corrected chi connectivity index (χ0v) is 11.0. The van der Waals surface area contributed by atoms with Crippen LogP contribution in [0.1, 0.15) is 18.4 Å². The van der Waals surface area contributed by atoms with E-state index in [0.29, 0.717) is 19.6 Å². The summed E-state index contributed by atoms with van der Waals surface area (Å²) in [6, 6.07) is -0.449. The van der Waals surface area contributed by atoms with Crippen molar-refractivity contribution in [1.29, 1.82) is 0 Å². The number of primary amides is 1. The van der Waals surface area contributed by atoms with Crippen molar-refractivity contribution >= 4 is 11.9 Å². The average Bonchev–Trinajstić information content (AvgIpc) is 2.90. The second kappa shape index (κ2) is 5.73. The van der Waals surface area contributed by atoms with E-state index in [1.807, 2.05) is 0 Å². The van der Waals surface area contributed by atoms with Crippen LogP contribution in [0.2, 0.25) is 0 Å². The molecule has 0 bridgehead atoms. The van der Waals surface area contributed by atoms with Crippen molar-refractivity contribution in [3.05, 3.63) is 18.0 Å². The number of amides is 3. The molecule has 7 nitrogen and oxygen atoms in total. The summed E-state index contributed by atoms with van der Waals surface area (Å²) in [7, 11) is 1.76. The molecule has 1 aliphatic heterocycles. The number of urea groups is 1. The highest BCUT2D eigenvalue weighted by Crippen LogP contribution is 2.19. The summed E-state index contributed by atoms with van der Waals surface area (Å²) in [5.41, 5.74) is 6.22. The fourth-order valence-corrected chi connectivity index (χ4v) is 2.41. The van der Waals surface area contributed by atoms with Gasteiger partial charge in [-0.15, -0.1) is 0 Å². The van der Waals surface area contributed by atoms with Crippen LogP contribution in [0.3, 0.4) is 0 Å². The first kappa shape index (κ1) is 13.4. The average molecular weight is 265 g/mol. The third-order valence-electron chi connectivity index (χ3n) is 3.43. The van der Waals surface area contributed by atoms with Crippen LogP contribution in [0.25, 0.3) is 0 Å². The quantitative estimate of drug-likeness (QED) is 0.814. The third kappa shape index (κ3) is 3.24. The zero-order valence-electron chi connectivity index (χ0n) is 11.0. The molecule has 1 aliphatic rings. The third-order valence-corrected chi connectivity index (χ3v) is 3.43. The van der Waals surface area contributed by atoms with Crippen LogP contribution in [0.4, 0.5) is 4.79 Å². The number of hydrogen-bond acceptors (Lipinski definition) is 3. The fraction of sp³-hybridized carbons (Fsp3) is 0.583. The minimum atomic E-state index is -0.449. The van der Waals surface area contributed by atoms with Crippen molar-refractivity contribution in [2.75, 3.05) is 20.1 Å². The van der Waals surface area contributed by atoms with Gasteiger partial charge in [0.25, 0.3) is 0 Å². The molecule has 0 radical (unpaired) electrons. The van der Waals surface area contributed by atoms with Gasteiger partial charge in [-0.3, -0.25) is 9.89 Å². The van der Waals surface area contributed by atoms with Crippen molar-refractivity contribution in [2.45, 2.75) is 19.4 Å². The molecule has 1 aromatic rings. The summed E-state index contributed by atoms with van der Waals surface area (Å²) >= 11 is 0. The van der Waals surface area contributed by atoms with Gasteiger partial charge in [-0.1, -0.05) is 0 Å². The number of piperidine rings is 1. The van der Waals surface area contributed by atoms with Crippen LogP contribution in [0.5, 0.6) is 0 Å². The summed E-state index contributed by atoms with van der Waals surface area (Å²) in [6.45, 7) is 1.58. The summed E-state index contributed by atoms with van der Waals surface area (Å²) < 4.78 is 0. The number of aromatic nitrogens is 2. The number of rotatable bonds is 3. The predicted molar refractivity (Wildman–Crippen MR) is 68.9 cm³/mol. The normalized spacial score (nSPS) is 19.2. The molecule has 1 unspecified atom stereocenters. The van der Waals surface area contributed by atoms with E-state index in [0.717, 1.165) is 18.4 Å². The molecule has 3 amide bonds. The number of nitrogens with two attached hydrogens (primary N) is 1. The molecule has 2 heterocycles. The molecular formula is C12H19N5O2. The Balaban J connectivity index is 1.93. The molecule has 2 rings (SSSR count). The highest BCUT2D eigenvalue weighted by atomic mass is 16.2. The number of carbonyl (C=O) groups is 2. The van der Waals surface area contributed by atoms with Gasteiger partial charge >= 0.3 is 6.03 Å². The summed E-state index contributed by atoms with van der Waals surface area (Å²) in [6.07, 6.45) is 5.08. The van der Waals surface area contributed by atoms with E-state index in [9.17, 15) is 9.59 Å². The van der Waals surface area contributed by atoms with E-state index in [2.05, 4.69) is 10.2 Å². The Morgan fingerprint density at radius 2 is 2.42 bits per heavy atom. The van der Waals surface area contributed by atoms with Gasteiger partial charge in [-0.05, 0) is 12.8 Å². The molecule has 0 aromatic carbocycles. The van der Waals surface area contributed by atoms with Gasteiger partial charge in [0.15, 0.2) is 0 Å². The number of nitrogens with one attached hydrogen (secondary N) is 1. The van der Waals surface area contributed by atoms with Crippen LogP contribution in [-0.2, 0) is 11.3 Å². The van der Waals surface area contributed by atoms with Gasteiger partial charge in [-0.2, -0.15) is 5.10 Å². The number of carbonyl (C=O) groups excluding carboxylic acids is 2. The lowest BCUT2D eigenvalue weighted by Crippen LogP contribution is -2.47. The number of aromatic amines is 1. The Hall–Kier alpha value is -2.05. The maximum Gasteiger partial charge on any atom is 0.314 e. The van der Waals surface area contributed by atoms with Crippen LogP contribution in [0.15, 0.2) is 12.4 Å². The molecule has 7 heteroatoms. The lowest BCUT2D eigenvalue weighted by atomic mass is 9.97. The highest BCUT2D eigenvalue weighted by Gasteiger charge is 2.29. The molecule has 1 saturated heterocycles. The largest absolute Gasteiger partial charge is 0.351 e. The number of nitrogens with zero attached hydrogens (tertiary/aromatic N) is 3. The molecule has 1 aromatic heterocycles. The molecule has 1 fully saturated rings.